The number of alkyl halides is 3. The summed E-state index contributed by atoms with van der Waals surface area (Å²) in [7, 11) is 0. The van der Waals surface area contributed by atoms with E-state index in [9.17, 15) is 18.0 Å². The fourth-order valence-electron chi connectivity index (χ4n) is 3.66. The van der Waals surface area contributed by atoms with E-state index < -0.39 is 23.4 Å². The smallest absolute Gasteiger partial charge is 0.416 e. The third kappa shape index (κ3) is 8.67. The summed E-state index contributed by atoms with van der Waals surface area (Å²) < 4.78 is 44.3. The lowest BCUT2D eigenvalue weighted by Crippen LogP contribution is -2.47. The molecule has 1 amide bonds. The van der Waals surface area contributed by atoms with Gasteiger partial charge in [0.2, 0.25) is 0 Å². The fraction of sp³-hybridized carbons (Fsp3) is 0.423. The van der Waals surface area contributed by atoms with Crippen LogP contribution in [0, 0.1) is 0 Å². The Balaban J connectivity index is 1.82. The molecule has 200 valence electrons. The number of amidine groups is 2. The highest BCUT2D eigenvalue weighted by molar-refractivity contribution is 8.13. The quantitative estimate of drug-likeness (QED) is 0.323. The van der Waals surface area contributed by atoms with Gasteiger partial charge < -0.3 is 15.0 Å². The number of halogens is 4. The molecular weight excluding hydrogens is 525 g/mol. The van der Waals surface area contributed by atoms with E-state index in [2.05, 4.69) is 15.2 Å². The highest BCUT2D eigenvalue weighted by atomic mass is 35.5. The molecule has 0 unspecified atom stereocenters. The first-order valence-corrected chi connectivity index (χ1v) is 13.3. The first-order valence-electron chi connectivity index (χ1n) is 11.7. The number of nitrogens with one attached hydrogen (secondary N) is 1. The van der Waals surface area contributed by atoms with Gasteiger partial charge in [-0.3, -0.25) is 0 Å². The molecule has 1 N–H and O–H groups in total. The molecule has 0 aromatic heterocycles. The summed E-state index contributed by atoms with van der Waals surface area (Å²) in [5.41, 5.74) is -0.420. The summed E-state index contributed by atoms with van der Waals surface area (Å²) in [6.45, 7) is 6.75. The zero-order valence-electron chi connectivity index (χ0n) is 21.1. The topological polar surface area (TPSA) is 66.3 Å². The van der Waals surface area contributed by atoms with E-state index in [1.165, 1.54) is 23.9 Å². The van der Waals surface area contributed by atoms with Gasteiger partial charge >= 0.3 is 12.3 Å². The standard InChI is InChI=1S/C26H30ClF3N4O2S/c1-25(2,3)36-24(35)32-19-13-15-34(16-14-19)23(37-4)33-22(20-7-5-6-8-21(20)27)31-18-11-9-17(10-12-18)26(28,29)30/h5-12,19H,13-16H2,1-4H3,(H,32,35)/b31-22+,33-23-. The fourth-order valence-corrected chi connectivity index (χ4v) is 4.50. The van der Waals surface area contributed by atoms with E-state index >= 15 is 0 Å². The Kier molecular flexibility index (Phi) is 9.52. The van der Waals surface area contributed by atoms with Crippen molar-refractivity contribution in [2.24, 2.45) is 9.98 Å². The van der Waals surface area contributed by atoms with Gasteiger partial charge in [-0.15, -0.1) is 0 Å². The van der Waals surface area contributed by atoms with Crippen molar-refractivity contribution in [3.8, 4) is 0 Å². The molecule has 1 heterocycles. The summed E-state index contributed by atoms with van der Waals surface area (Å²) in [5, 5.41) is 4.04. The number of carbonyl (C=O) groups excluding carboxylic acids is 1. The van der Waals surface area contributed by atoms with Crippen LogP contribution in [0.1, 0.15) is 44.7 Å². The van der Waals surface area contributed by atoms with Crippen LogP contribution in [0.4, 0.5) is 23.7 Å². The summed E-state index contributed by atoms with van der Waals surface area (Å²) in [6.07, 6.45) is -1.56. The van der Waals surface area contributed by atoms with Gasteiger partial charge in [-0.25, -0.2) is 14.8 Å². The van der Waals surface area contributed by atoms with Crippen LogP contribution in [-0.2, 0) is 10.9 Å². The number of hydrogen-bond acceptors (Lipinski definition) is 4. The molecule has 1 saturated heterocycles. The number of alkyl carbamates (subject to hydrolysis) is 1. The molecule has 2 aromatic rings. The second-order valence-corrected chi connectivity index (χ2v) is 10.6. The largest absolute Gasteiger partial charge is 0.444 e. The van der Waals surface area contributed by atoms with Crippen molar-refractivity contribution in [3.63, 3.8) is 0 Å². The summed E-state index contributed by atoms with van der Waals surface area (Å²) >= 11 is 7.86. The molecule has 1 aliphatic heterocycles. The van der Waals surface area contributed by atoms with Crippen LogP contribution < -0.4 is 5.32 Å². The van der Waals surface area contributed by atoms with Crippen LogP contribution in [0.15, 0.2) is 58.5 Å². The maximum atomic E-state index is 13.0. The zero-order chi connectivity index (χ0) is 27.2. The van der Waals surface area contributed by atoms with Crippen LogP contribution in [0.5, 0.6) is 0 Å². The Morgan fingerprint density at radius 2 is 1.70 bits per heavy atom. The summed E-state index contributed by atoms with van der Waals surface area (Å²) in [4.78, 5) is 23.5. The van der Waals surface area contributed by atoms with Crippen molar-refractivity contribution >= 4 is 46.1 Å². The van der Waals surface area contributed by atoms with Gasteiger partial charge in [-0.2, -0.15) is 13.2 Å². The molecule has 0 spiro atoms. The second kappa shape index (κ2) is 12.2. The van der Waals surface area contributed by atoms with E-state index in [0.717, 1.165) is 12.1 Å². The normalized spacial score (nSPS) is 16.1. The number of hydrogen-bond donors (Lipinski definition) is 1. The Labute approximate surface area is 224 Å². The van der Waals surface area contributed by atoms with E-state index in [1.54, 1.807) is 24.3 Å². The molecule has 0 bridgehead atoms. The lowest BCUT2D eigenvalue weighted by Gasteiger charge is -2.34. The SMILES string of the molecule is CS/C(=N\C(=N\c1ccc(C(F)(F)F)cc1)c1ccccc1Cl)N1CCC(NC(=O)OC(C)(C)C)CC1. The number of likely N-dealkylation sites (tertiary alicyclic amines) is 1. The van der Waals surface area contributed by atoms with E-state index in [-0.39, 0.29) is 6.04 Å². The number of nitrogens with zero attached hydrogens (tertiary/aromatic N) is 3. The maximum Gasteiger partial charge on any atom is 0.416 e. The van der Waals surface area contributed by atoms with Gasteiger partial charge in [-0.05, 0) is 76.3 Å². The van der Waals surface area contributed by atoms with E-state index in [4.69, 9.17) is 21.3 Å². The lowest BCUT2D eigenvalue weighted by molar-refractivity contribution is -0.137. The van der Waals surface area contributed by atoms with Crippen molar-refractivity contribution in [1.82, 2.24) is 10.2 Å². The highest BCUT2D eigenvalue weighted by Crippen LogP contribution is 2.31. The average Bonchev–Trinajstić information content (AvgIpc) is 2.81. The minimum Gasteiger partial charge on any atom is -0.444 e. The molecule has 0 aliphatic carbocycles. The van der Waals surface area contributed by atoms with E-state index in [1.807, 2.05) is 27.0 Å². The van der Waals surface area contributed by atoms with Gasteiger partial charge in [0.1, 0.15) is 5.60 Å². The number of amides is 1. The van der Waals surface area contributed by atoms with Crippen LogP contribution in [-0.4, -0.2) is 53.0 Å². The van der Waals surface area contributed by atoms with Crippen LogP contribution in [0.25, 0.3) is 0 Å². The molecule has 0 atom stereocenters. The van der Waals surface area contributed by atoms with Crippen molar-refractivity contribution in [2.45, 2.75) is 51.4 Å². The first-order chi connectivity index (χ1) is 17.4. The Bertz CT molecular complexity index is 1140. The molecule has 2 aromatic carbocycles. The van der Waals surface area contributed by atoms with Crippen molar-refractivity contribution in [3.05, 3.63) is 64.7 Å². The van der Waals surface area contributed by atoms with Gasteiger partial charge in [0.25, 0.3) is 0 Å². The van der Waals surface area contributed by atoms with Crippen molar-refractivity contribution in [2.75, 3.05) is 19.3 Å². The molecule has 1 aliphatic rings. The van der Waals surface area contributed by atoms with Crippen LogP contribution >= 0.6 is 23.4 Å². The van der Waals surface area contributed by atoms with Crippen LogP contribution in [0.2, 0.25) is 5.02 Å². The Morgan fingerprint density at radius 1 is 1.08 bits per heavy atom. The molecule has 0 radical (unpaired) electrons. The molecule has 0 saturated carbocycles. The minimum atomic E-state index is -4.43. The van der Waals surface area contributed by atoms with Gasteiger partial charge in [0.05, 0.1) is 16.3 Å². The predicted octanol–water partition coefficient (Wildman–Crippen LogP) is 7.15. The van der Waals surface area contributed by atoms with Crippen LogP contribution in [0.3, 0.4) is 0 Å². The van der Waals surface area contributed by atoms with Crippen molar-refractivity contribution in [1.29, 1.82) is 0 Å². The second-order valence-electron chi connectivity index (χ2n) is 9.47. The first kappa shape index (κ1) is 28.8. The van der Waals surface area contributed by atoms with Gasteiger partial charge in [0.15, 0.2) is 11.0 Å². The van der Waals surface area contributed by atoms with Gasteiger partial charge in [0, 0.05) is 24.7 Å². The summed E-state index contributed by atoms with van der Waals surface area (Å²) in [5.74, 6) is 0.295. The Morgan fingerprint density at radius 3 is 2.24 bits per heavy atom. The predicted molar refractivity (Wildman–Crippen MR) is 144 cm³/mol. The number of piperidine rings is 1. The Hall–Kier alpha value is -2.72. The molecule has 3 rings (SSSR count). The molecule has 37 heavy (non-hydrogen) atoms. The molecule has 6 nitrogen and oxygen atoms in total. The van der Waals surface area contributed by atoms with Crippen molar-refractivity contribution < 1.29 is 22.7 Å². The molecule has 11 heteroatoms. The zero-order valence-corrected chi connectivity index (χ0v) is 22.7. The number of ether oxygens (including phenoxy) is 1. The number of thioether (sulfide) groups is 1. The maximum absolute atomic E-state index is 13.0. The summed E-state index contributed by atoms with van der Waals surface area (Å²) in [6, 6.07) is 11.6. The highest BCUT2D eigenvalue weighted by Gasteiger charge is 2.30. The molecule has 1 fully saturated rings. The third-order valence-corrected chi connectivity index (χ3v) is 6.46. The van der Waals surface area contributed by atoms with Gasteiger partial charge in [-0.1, -0.05) is 35.5 Å². The third-order valence-electron chi connectivity index (χ3n) is 5.41. The number of rotatable bonds is 3. The average molecular weight is 555 g/mol. The number of aliphatic imine (C=N–C) groups is 2. The minimum absolute atomic E-state index is 0.0157. The lowest BCUT2D eigenvalue weighted by atomic mass is 10.1. The van der Waals surface area contributed by atoms with E-state index in [0.29, 0.717) is 53.2 Å². The number of carbonyl (C=O) groups is 1. The number of benzene rings is 2. The molecular formula is C26H30ClF3N4O2S. The monoisotopic (exact) mass is 554 g/mol.